The van der Waals surface area contributed by atoms with Gasteiger partial charge in [-0.15, -0.1) is 10.2 Å². The second kappa shape index (κ2) is 9.45. The van der Waals surface area contributed by atoms with Crippen molar-refractivity contribution in [2.75, 3.05) is 49.1 Å². The number of aromatic nitrogens is 4. The van der Waals surface area contributed by atoms with Gasteiger partial charge < -0.3 is 14.7 Å². The number of rotatable bonds is 4. The first-order valence-electron chi connectivity index (χ1n) is 11.2. The summed E-state index contributed by atoms with van der Waals surface area (Å²) in [6, 6.07) is 4.09. The standard InChI is InChI=1S/C22H31N7O2/c1-17-18(2)23-16-29(22(17)31)15-21(30)28-13-11-27(12-14-28)20-8-7-19(24-25-20)26-9-5-3-4-6-10-26/h7-8,16H,3-6,9-15H2,1-2H3. The molecule has 1 amide bonds. The molecule has 0 spiro atoms. The smallest absolute Gasteiger partial charge is 0.256 e. The van der Waals surface area contributed by atoms with Crippen LogP contribution in [0.4, 0.5) is 11.6 Å². The van der Waals surface area contributed by atoms with E-state index >= 15 is 0 Å². The molecule has 2 aromatic rings. The van der Waals surface area contributed by atoms with Crippen LogP contribution in [0.5, 0.6) is 0 Å². The van der Waals surface area contributed by atoms with E-state index in [4.69, 9.17) is 0 Å². The summed E-state index contributed by atoms with van der Waals surface area (Å²) in [5, 5.41) is 8.92. The zero-order valence-electron chi connectivity index (χ0n) is 18.5. The van der Waals surface area contributed by atoms with Crippen LogP contribution in [0.2, 0.25) is 0 Å². The van der Waals surface area contributed by atoms with Gasteiger partial charge in [0.15, 0.2) is 11.6 Å². The van der Waals surface area contributed by atoms with Crippen molar-refractivity contribution in [1.82, 2.24) is 24.6 Å². The molecule has 2 aliphatic rings. The van der Waals surface area contributed by atoms with Gasteiger partial charge in [-0.3, -0.25) is 14.2 Å². The van der Waals surface area contributed by atoms with E-state index in [1.165, 1.54) is 36.6 Å². The van der Waals surface area contributed by atoms with Crippen molar-refractivity contribution < 1.29 is 4.79 Å². The van der Waals surface area contributed by atoms with Crippen molar-refractivity contribution in [3.05, 3.63) is 40.1 Å². The fraction of sp³-hybridized carbons (Fsp3) is 0.591. The lowest BCUT2D eigenvalue weighted by Crippen LogP contribution is -2.50. The highest BCUT2D eigenvalue weighted by Gasteiger charge is 2.23. The molecule has 4 heterocycles. The van der Waals surface area contributed by atoms with E-state index < -0.39 is 0 Å². The number of anilines is 2. The minimum absolute atomic E-state index is 0.0251. The van der Waals surface area contributed by atoms with Crippen LogP contribution in [-0.2, 0) is 11.3 Å². The maximum absolute atomic E-state index is 12.7. The quantitative estimate of drug-likeness (QED) is 0.731. The molecule has 0 saturated carbocycles. The van der Waals surface area contributed by atoms with Gasteiger partial charge in [0, 0.05) is 50.5 Å². The molecule has 0 bridgehead atoms. The predicted molar refractivity (Wildman–Crippen MR) is 119 cm³/mol. The number of hydrogen-bond donors (Lipinski definition) is 0. The zero-order chi connectivity index (χ0) is 21.8. The number of piperazine rings is 1. The Labute approximate surface area is 182 Å². The first-order valence-corrected chi connectivity index (χ1v) is 11.2. The number of aryl methyl sites for hydroxylation is 1. The molecule has 2 aromatic heterocycles. The van der Waals surface area contributed by atoms with Crippen LogP contribution in [0.3, 0.4) is 0 Å². The first kappa shape index (κ1) is 21.3. The Morgan fingerprint density at radius 2 is 1.45 bits per heavy atom. The molecule has 0 aliphatic carbocycles. The van der Waals surface area contributed by atoms with Crippen molar-refractivity contribution >= 4 is 17.5 Å². The highest BCUT2D eigenvalue weighted by atomic mass is 16.2. The SMILES string of the molecule is Cc1ncn(CC(=O)N2CCN(c3ccc(N4CCCCCC4)nn3)CC2)c(=O)c1C. The molecule has 4 rings (SSSR count). The van der Waals surface area contributed by atoms with E-state index in [1.54, 1.807) is 18.7 Å². The second-order valence-corrected chi connectivity index (χ2v) is 8.41. The molecular formula is C22H31N7O2. The van der Waals surface area contributed by atoms with E-state index in [0.29, 0.717) is 37.4 Å². The van der Waals surface area contributed by atoms with E-state index in [-0.39, 0.29) is 18.0 Å². The average Bonchev–Trinajstić information content (AvgIpc) is 3.09. The molecule has 9 heteroatoms. The first-order chi connectivity index (χ1) is 15.0. The zero-order valence-corrected chi connectivity index (χ0v) is 18.5. The maximum Gasteiger partial charge on any atom is 0.256 e. The Morgan fingerprint density at radius 3 is 2.03 bits per heavy atom. The van der Waals surface area contributed by atoms with Gasteiger partial charge in [0.25, 0.3) is 5.56 Å². The number of amides is 1. The molecule has 0 N–H and O–H groups in total. The lowest BCUT2D eigenvalue weighted by atomic mass is 10.2. The fourth-order valence-corrected chi connectivity index (χ4v) is 4.17. The Bertz CT molecular complexity index is 957. The summed E-state index contributed by atoms with van der Waals surface area (Å²) in [7, 11) is 0. The molecule has 166 valence electrons. The second-order valence-electron chi connectivity index (χ2n) is 8.41. The molecular weight excluding hydrogens is 394 g/mol. The average molecular weight is 426 g/mol. The number of carbonyl (C=O) groups excluding carboxylic acids is 1. The Morgan fingerprint density at radius 1 is 0.871 bits per heavy atom. The number of nitrogens with zero attached hydrogens (tertiary/aromatic N) is 7. The summed E-state index contributed by atoms with van der Waals surface area (Å²) < 4.78 is 1.39. The predicted octanol–water partition coefficient (Wildman–Crippen LogP) is 1.38. The fourth-order valence-electron chi connectivity index (χ4n) is 4.17. The molecule has 0 radical (unpaired) electrons. The minimum Gasteiger partial charge on any atom is -0.355 e. The van der Waals surface area contributed by atoms with Crippen LogP contribution in [0.1, 0.15) is 36.9 Å². The molecule has 2 saturated heterocycles. The van der Waals surface area contributed by atoms with E-state index in [9.17, 15) is 9.59 Å². The molecule has 9 nitrogen and oxygen atoms in total. The van der Waals surface area contributed by atoms with Crippen molar-refractivity contribution in [2.24, 2.45) is 0 Å². The van der Waals surface area contributed by atoms with Crippen molar-refractivity contribution in [3.8, 4) is 0 Å². The maximum atomic E-state index is 12.7. The molecule has 2 aliphatic heterocycles. The molecule has 0 aromatic carbocycles. The van der Waals surface area contributed by atoms with Gasteiger partial charge in [0.1, 0.15) is 6.54 Å². The van der Waals surface area contributed by atoms with Crippen LogP contribution in [0.15, 0.2) is 23.3 Å². The third kappa shape index (κ3) is 4.86. The highest BCUT2D eigenvalue weighted by Crippen LogP contribution is 2.19. The molecule has 2 fully saturated rings. The Hall–Kier alpha value is -2.97. The van der Waals surface area contributed by atoms with Crippen molar-refractivity contribution in [3.63, 3.8) is 0 Å². The van der Waals surface area contributed by atoms with Gasteiger partial charge in [-0.25, -0.2) is 4.98 Å². The van der Waals surface area contributed by atoms with Crippen molar-refractivity contribution in [2.45, 2.75) is 46.1 Å². The lowest BCUT2D eigenvalue weighted by Gasteiger charge is -2.35. The summed E-state index contributed by atoms with van der Waals surface area (Å²) in [4.78, 5) is 35.5. The Balaban J connectivity index is 1.32. The van der Waals surface area contributed by atoms with Crippen LogP contribution in [0, 0.1) is 13.8 Å². The van der Waals surface area contributed by atoms with E-state index in [2.05, 4.69) is 31.0 Å². The van der Waals surface area contributed by atoms with Gasteiger partial charge >= 0.3 is 0 Å². The summed E-state index contributed by atoms with van der Waals surface area (Å²) in [6.45, 7) is 8.25. The minimum atomic E-state index is -0.153. The highest BCUT2D eigenvalue weighted by molar-refractivity contribution is 5.76. The molecule has 0 unspecified atom stereocenters. The summed E-state index contributed by atoms with van der Waals surface area (Å²) in [5.41, 5.74) is 1.13. The van der Waals surface area contributed by atoms with E-state index in [1.807, 2.05) is 6.07 Å². The van der Waals surface area contributed by atoms with E-state index in [0.717, 1.165) is 24.7 Å². The van der Waals surface area contributed by atoms with Crippen molar-refractivity contribution in [1.29, 1.82) is 0 Å². The van der Waals surface area contributed by atoms with Gasteiger partial charge in [-0.1, -0.05) is 12.8 Å². The topological polar surface area (TPSA) is 87.5 Å². The third-order valence-corrected chi connectivity index (χ3v) is 6.34. The number of hydrogen-bond acceptors (Lipinski definition) is 7. The van der Waals surface area contributed by atoms with Crippen LogP contribution >= 0.6 is 0 Å². The normalized spacial score (nSPS) is 17.5. The summed E-state index contributed by atoms with van der Waals surface area (Å²) in [6.07, 6.45) is 6.47. The number of carbonyl (C=O) groups is 1. The lowest BCUT2D eigenvalue weighted by molar-refractivity contribution is -0.132. The van der Waals surface area contributed by atoms with Crippen LogP contribution in [0.25, 0.3) is 0 Å². The summed E-state index contributed by atoms with van der Waals surface area (Å²) >= 11 is 0. The van der Waals surface area contributed by atoms with Gasteiger partial charge in [-0.2, -0.15) is 0 Å². The van der Waals surface area contributed by atoms with Crippen LogP contribution in [-0.4, -0.2) is 69.8 Å². The summed E-state index contributed by atoms with van der Waals surface area (Å²) in [5.74, 6) is 1.74. The van der Waals surface area contributed by atoms with Gasteiger partial charge in [0.05, 0.1) is 6.33 Å². The largest absolute Gasteiger partial charge is 0.355 e. The van der Waals surface area contributed by atoms with Gasteiger partial charge in [-0.05, 0) is 38.8 Å². The monoisotopic (exact) mass is 425 g/mol. The van der Waals surface area contributed by atoms with Gasteiger partial charge in [0.2, 0.25) is 5.91 Å². The molecule has 31 heavy (non-hydrogen) atoms. The Kier molecular flexibility index (Phi) is 6.48. The molecule has 0 atom stereocenters. The van der Waals surface area contributed by atoms with Crippen LogP contribution < -0.4 is 15.4 Å². The third-order valence-electron chi connectivity index (χ3n) is 6.34.